The first-order valence-corrected chi connectivity index (χ1v) is 4.69. The third-order valence-electron chi connectivity index (χ3n) is 2.28. The molecule has 1 aromatic rings. The molecule has 1 N–H and O–H groups in total. The third-order valence-corrected chi connectivity index (χ3v) is 2.28. The maximum atomic E-state index is 11.5. The number of hydrazine groups is 1. The zero-order chi connectivity index (χ0) is 13.2. The fraction of sp³-hybridized carbons (Fsp3) is 0.375. The van der Waals surface area contributed by atoms with Gasteiger partial charge in [0.25, 0.3) is 0 Å². The average Bonchev–Trinajstić information content (AvgIpc) is 2.15. The Balaban J connectivity index is 3.49. The number of hydrogen-bond acceptors (Lipinski definition) is 5. The van der Waals surface area contributed by atoms with Crippen LogP contribution in [0.2, 0.25) is 0 Å². The van der Waals surface area contributed by atoms with Gasteiger partial charge in [0.2, 0.25) is 17.6 Å². The first kappa shape index (κ1) is 12.6. The zero-order valence-electron chi connectivity index (χ0n) is 9.17. The Morgan fingerprint density at radius 3 is 2.41 bits per heavy atom. The van der Waals surface area contributed by atoms with Crippen molar-refractivity contribution in [2.75, 3.05) is 5.43 Å². The molecule has 9 heteroatoms. The fourth-order valence-electron chi connectivity index (χ4n) is 1.60. The van der Waals surface area contributed by atoms with Crippen LogP contribution in [0, 0.1) is 32.4 Å². The molecule has 0 spiro atoms. The van der Waals surface area contributed by atoms with E-state index in [0.717, 1.165) is 6.20 Å². The highest BCUT2D eigenvalue weighted by molar-refractivity contribution is 5.62. The molecule has 0 amide bonds. The van der Waals surface area contributed by atoms with Crippen LogP contribution in [0.1, 0.15) is 18.2 Å². The Kier molecular flexibility index (Phi) is 3.41. The molecule has 0 radical (unpaired) electrons. The largest absolute Gasteiger partial charge is 0.618 e. The number of rotatable bonds is 4. The van der Waals surface area contributed by atoms with E-state index in [1.54, 1.807) is 12.3 Å². The van der Waals surface area contributed by atoms with Crippen molar-refractivity contribution in [3.63, 3.8) is 0 Å². The number of aromatic nitrogens is 1. The monoisotopic (exact) mass is 242 g/mol. The maximum Gasteiger partial charge on any atom is 0.313 e. The van der Waals surface area contributed by atoms with Gasteiger partial charge >= 0.3 is 5.69 Å². The van der Waals surface area contributed by atoms with Crippen LogP contribution in [0.5, 0.6) is 0 Å². The minimum absolute atomic E-state index is 0.124. The molecule has 0 saturated heterocycles. The molecule has 0 aliphatic heterocycles. The molecule has 0 aliphatic rings. The molecule has 17 heavy (non-hydrogen) atoms. The van der Waals surface area contributed by atoms with Gasteiger partial charge in [-0.2, -0.15) is 4.73 Å². The Hall–Kier alpha value is -2.45. The molecule has 0 unspecified atom stereocenters. The number of nitrogens with zero attached hydrogens (tertiary/aromatic N) is 3. The van der Waals surface area contributed by atoms with Crippen LogP contribution in [0.15, 0.2) is 6.20 Å². The highest BCUT2D eigenvalue weighted by Gasteiger charge is 2.28. The van der Waals surface area contributed by atoms with Crippen molar-refractivity contribution in [3.05, 3.63) is 42.9 Å². The first-order valence-electron chi connectivity index (χ1n) is 4.69. The fourth-order valence-corrected chi connectivity index (χ4v) is 1.60. The van der Waals surface area contributed by atoms with E-state index < -0.39 is 21.3 Å². The summed E-state index contributed by atoms with van der Waals surface area (Å²) in [6, 6.07) is 0. The first-order chi connectivity index (χ1) is 7.88. The average molecular weight is 242 g/mol. The van der Waals surface area contributed by atoms with Gasteiger partial charge in [0.05, 0.1) is 10.5 Å². The topological polar surface area (TPSA) is 125 Å². The molecule has 0 atom stereocenters. The second kappa shape index (κ2) is 4.60. The van der Waals surface area contributed by atoms with Crippen molar-refractivity contribution in [2.45, 2.75) is 20.3 Å². The summed E-state index contributed by atoms with van der Waals surface area (Å²) in [7, 11) is 0. The molecule has 1 heterocycles. The quantitative estimate of drug-likeness (QED) is 0.358. The van der Waals surface area contributed by atoms with Gasteiger partial charge in [-0.3, -0.25) is 10.1 Å². The predicted molar refractivity (Wildman–Crippen MR) is 56.8 cm³/mol. The standard InChI is InChI=1S/C8H10N4O5/c1-3-7-5(2)8(11(14)15)6(4-10(7)13)9-12(16)17/h4,9H,3H2,1-2H3. The van der Waals surface area contributed by atoms with Crippen LogP contribution >= 0.6 is 0 Å². The van der Waals surface area contributed by atoms with Crippen molar-refractivity contribution in [1.29, 1.82) is 0 Å². The Labute approximate surface area is 95.5 Å². The lowest BCUT2D eigenvalue weighted by atomic mass is 10.1. The van der Waals surface area contributed by atoms with Crippen LogP contribution < -0.4 is 10.2 Å². The van der Waals surface area contributed by atoms with Crippen molar-refractivity contribution in [1.82, 2.24) is 0 Å². The molecule has 1 aromatic heterocycles. The van der Waals surface area contributed by atoms with Gasteiger partial charge in [-0.1, -0.05) is 12.3 Å². The minimum atomic E-state index is -0.951. The smallest absolute Gasteiger partial charge is 0.313 e. The number of anilines is 1. The lowest BCUT2D eigenvalue weighted by Gasteiger charge is -2.08. The molecular formula is C8H10N4O5. The van der Waals surface area contributed by atoms with Crippen LogP contribution in [0.25, 0.3) is 0 Å². The predicted octanol–water partition coefficient (Wildman–Crippen LogP) is 0.703. The Bertz CT molecular complexity index is 487. The summed E-state index contributed by atoms with van der Waals surface area (Å²) in [6.07, 6.45) is 1.10. The van der Waals surface area contributed by atoms with Crippen LogP contribution in [0.3, 0.4) is 0 Å². The highest BCUT2D eigenvalue weighted by atomic mass is 16.7. The van der Waals surface area contributed by atoms with Gasteiger partial charge in [-0.15, -0.1) is 0 Å². The summed E-state index contributed by atoms with van der Waals surface area (Å²) >= 11 is 0. The lowest BCUT2D eigenvalue weighted by Crippen LogP contribution is -2.33. The Morgan fingerprint density at radius 1 is 1.41 bits per heavy atom. The van der Waals surface area contributed by atoms with E-state index in [-0.39, 0.29) is 11.3 Å². The number of nitro groups is 2. The minimum Gasteiger partial charge on any atom is -0.618 e. The van der Waals surface area contributed by atoms with Crippen molar-refractivity contribution >= 4 is 11.4 Å². The highest BCUT2D eigenvalue weighted by Crippen LogP contribution is 2.28. The summed E-state index contributed by atoms with van der Waals surface area (Å²) in [5, 5.41) is 31.6. The molecule has 0 bridgehead atoms. The maximum absolute atomic E-state index is 11.5. The second-order valence-electron chi connectivity index (χ2n) is 3.27. The van der Waals surface area contributed by atoms with Crippen LogP contribution in [-0.2, 0) is 6.42 Å². The number of pyridine rings is 1. The number of nitrogens with one attached hydrogen (secondary N) is 1. The molecule has 0 saturated carbocycles. The van der Waals surface area contributed by atoms with E-state index in [1.165, 1.54) is 6.92 Å². The lowest BCUT2D eigenvalue weighted by molar-refractivity contribution is -0.614. The molecular weight excluding hydrogens is 232 g/mol. The summed E-state index contributed by atoms with van der Waals surface area (Å²) in [5.41, 5.74) is 1.11. The van der Waals surface area contributed by atoms with Gasteiger partial charge in [0.15, 0.2) is 5.03 Å². The van der Waals surface area contributed by atoms with E-state index in [9.17, 15) is 25.4 Å². The SMILES string of the molecule is CCc1c(C)c([N+](=O)[O-])c(N[N+](=O)[O-])c[n+]1[O-]. The second-order valence-corrected chi connectivity index (χ2v) is 3.27. The van der Waals surface area contributed by atoms with E-state index in [1.807, 2.05) is 0 Å². The summed E-state index contributed by atoms with van der Waals surface area (Å²) in [5.74, 6) is 0. The number of hydrogen-bond donors (Lipinski definition) is 1. The van der Waals surface area contributed by atoms with Gasteiger partial charge in [-0.05, 0) is 6.92 Å². The molecule has 92 valence electrons. The van der Waals surface area contributed by atoms with Crippen LogP contribution in [0.4, 0.5) is 11.4 Å². The molecule has 1 rings (SSSR count). The van der Waals surface area contributed by atoms with E-state index in [4.69, 9.17) is 0 Å². The molecule has 0 fully saturated rings. The molecule has 9 nitrogen and oxygen atoms in total. The van der Waals surface area contributed by atoms with Gasteiger partial charge in [0, 0.05) is 6.42 Å². The van der Waals surface area contributed by atoms with Crippen molar-refractivity contribution < 1.29 is 14.7 Å². The van der Waals surface area contributed by atoms with Crippen molar-refractivity contribution in [3.8, 4) is 0 Å². The third kappa shape index (κ3) is 2.38. The molecule has 0 aromatic carbocycles. The van der Waals surface area contributed by atoms with Gasteiger partial charge in [-0.25, -0.2) is 10.1 Å². The zero-order valence-corrected chi connectivity index (χ0v) is 9.17. The van der Waals surface area contributed by atoms with E-state index in [0.29, 0.717) is 11.2 Å². The van der Waals surface area contributed by atoms with Gasteiger partial charge < -0.3 is 5.21 Å². The van der Waals surface area contributed by atoms with Crippen molar-refractivity contribution in [2.24, 2.45) is 0 Å². The summed E-state index contributed by atoms with van der Waals surface area (Å²) in [6.45, 7) is 3.05. The Morgan fingerprint density at radius 2 is 2.00 bits per heavy atom. The van der Waals surface area contributed by atoms with E-state index >= 15 is 0 Å². The summed E-state index contributed by atoms with van der Waals surface area (Å²) in [4.78, 5) is 20.4. The van der Waals surface area contributed by atoms with Crippen LogP contribution in [-0.4, -0.2) is 9.96 Å². The normalized spacial score (nSPS) is 10.0. The van der Waals surface area contributed by atoms with E-state index in [2.05, 4.69) is 0 Å². The molecule has 0 aliphatic carbocycles. The van der Waals surface area contributed by atoms with Gasteiger partial charge in [0.1, 0.15) is 0 Å². The summed E-state index contributed by atoms with van der Waals surface area (Å²) < 4.78 is 0.397.